The van der Waals surface area contributed by atoms with E-state index in [0.717, 1.165) is 6.42 Å². The minimum absolute atomic E-state index is 0.119. The van der Waals surface area contributed by atoms with E-state index in [1.807, 2.05) is 6.07 Å². The third kappa shape index (κ3) is 3.99. The van der Waals surface area contributed by atoms with Gasteiger partial charge >= 0.3 is 0 Å². The number of hydrogen-bond donors (Lipinski definition) is 1. The fourth-order valence-electron chi connectivity index (χ4n) is 3.39. The number of carbonyl (C=O) groups excluding carboxylic acids is 1. The summed E-state index contributed by atoms with van der Waals surface area (Å²) in [6.07, 6.45) is 0.887. The highest BCUT2D eigenvalue weighted by Gasteiger charge is 2.28. The number of hydrogen-bond acceptors (Lipinski definition) is 4. The minimum atomic E-state index is -3.76. The van der Waals surface area contributed by atoms with Gasteiger partial charge in [0.2, 0.25) is 0 Å². The molecule has 2 aromatic carbocycles. The summed E-state index contributed by atoms with van der Waals surface area (Å²) in [5.74, 6) is 0.167. The lowest BCUT2D eigenvalue weighted by molar-refractivity contribution is 0.0787. The van der Waals surface area contributed by atoms with Crippen LogP contribution in [0.3, 0.4) is 0 Å². The van der Waals surface area contributed by atoms with Crippen LogP contribution >= 0.6 is 0 Å². The molecule has 27 heavy (non-hydrogen) atoms. The molecule has 1 heterocycles. The summed E-state index contributed by atoms with van der Waals surface area (Å²) < 4.78 is 27.6. The third-order valence-corrected chi connectivity index (χ3v) is 6.81. The second-order valence-electron chi connectivity index (χ2n) is 6.67. The quantitative estimate of drug-likeness (QED) is 0.824. The van der Waals surface area contributed by atoms with Crippen LogP contribution in [0.5, 0.6) is 0 Å². The van der Waals surface area contributed by atoms with Crippen molar-refractivity contribution < 1.29 is 13.2 Å². The van der Waals surface area contributed by atoms with Crippen LogP contribution in [0.2, 0.25) is 0 Å². The monoisotopic (exact) mass is 387 g/mol. The molecule has 7 heteroatoms. The van der Waals surface area contributed by atoms with Crippen molar-refractivity contribution in [3.63, 3.8) is 0 Å². The van der Waals surface area contributed by atoms with Crippen molar-refractivity contribution in [1.82, 2.24) is 4.90 Å². The Kier molecular flexibility index (Phi) is 5.82. The van der Waals surface area contributed by atoms with Gasteiger partial charge in [-0.05, 0) is 56.1 Å². The first-order chi connectivity index (χ1) is 13.0. The van der Waals surface area contributed by atoms with E-state index in [1.54, 1.807) is 48.2 Å². The van der Waals surface area contributed by atoms with Gasteiger partial charge in [-0.25, -0.2) is 8.42 Å². The van der Waals surface area contributed by atoms with Crippen molar-refractivity contribution >= 4 is 21.6 Å². The molecule has 1 aliphatic heterocycles. The Bertz CT molecular complexity index is 900. The zero-order valence-corrected chi connectivity index (χ0v) is 16.2. The van der Waals surface area contributed by atoms with E-state index in [2.05, 4.69) is 0 Å². The Labute approximate surface area is 160 Å². The van der Waals surface area contributed by atoms with Gasteiger partial charge in [0.25, 0.3) is 15.9 Å². The number of carbonyl (C=O) groups is 1. The van der Waals surface area contributed by atoms with Gasteiger partial charge in [0.15, 0.2) is 0 Å². The molecule has 6 nitrogen and oxygen atoms in total. The largest absolute Gasteiger partial charge is 0.338 e. The fourth-order valence-corrected chi connectivity index (χ4v) is 4.91. The fraction of sp³-hybridized carbons (Fsp3) is 0.350. The molecule has 1 saturated heterocycles. The van der Waals surface area contributed by atoms with Crippen molar-refractivity contribution in [2.24, 2.45) is 11.7 Å². The smallest absolute Gasteiger partial charge is 0.264 e. The molecule has 2 aromatic rings. The maximum atomic E-state index is 13.1. The van der Waals surface area contributed by atoms with Crippen molar-refractivity contribution in [3.05, 3.63) is 60.2 Å². The molecule has 1 aliphatic rings. The van der Waals surface area contributed by atoms with Gasteiger partial charge in [-0.1, -0.05) is 24.3 Å². The SMILES string of the molecule is CCN(c1ccccc1)S(=O)(=O)c1cccc(C(=O)N2CCC(CN)C2)c1. The highest BCUT2D eigenvalue weighted by molar-refractivity contribution is 7.92. The third-order valence-electron chi connectivity index (χ3n) is 4.91. The lowest BCUT2D eigenvalue weighted by Gasteiger charge is -2.23. The molecule has 0 radical (unpaired) electrons. The van der Waals surface area contributed by atoms with Crippen LogP contribution in [-0.4, -0.2) is 45.4 Å². The zero-order valence-electron chi connectivity index (χ0n) is 15.4. The number of para-hydroxylation sites is 1. The predicted molar refractivity (Wildman–Crippen MR) is 106 cm³/mol. The van der Waals surface area contributed by atoms with Gasteiger partial charge in [0.1, 0.15) is 0 Å². The Morgan fingerprint density at radius 2 is 1.93 bits per heavy atom. The number of rotatable bonds is 6. The van der Waals surface area contributed by atoms with Gasteiger partial charge in [-0.2, -0.15) is 0 Å². The topological polar surface area (TPSA) is 83.7 Å². The van der Waals surface area contributed by atoms with Crippen LogP contribution in [0.25, 0.3) is 0 Å². The normalized spacial score (nSPS) is 17.1. The number of sulfonamides is 1. The Morgan fingerprint density at radius 3 is 2.56 bits per heavy atom. The first-order valence-electron chi connectivity index (χ1n) is 9.14. The van der Waals surface area contributed by atoms with Gasteiger partial charge in [0, 0.05) is 25.2 Å². The molecule has 0 spiro atoms. The van der Waals surface area contributed by atoms with E-state index in [4.69, 9.17) is 5.73 Å². The summed E-state index contributed by atoms with van der Waals surface area (Å²) in [4.78, 5) is 14.6. The number of nitrogens with two attached hydrogens (primary N) is 1. The molecule has 0 bridgehead atoms. The second-order valence-corrected chi connectivity index (χ2v) is 8.54. The first-order valence-corrected chi connectivity index (χ1v) is 10.6. The first kappa shape index (κ1) is 19.4. The van der Waals surface area contributed by atoms with Crippen LogP contribution in [0, 0.1) is 5.92 Å². The molecule has 1 atom stereocenters. The summed E-state index contributed by atoms with van der Waals surface area (Å²) in [5, 5.41) is 0. The number of likely N-dealkylation sites (tertiary alicyclic amines) is 1. The molecular weight excluding hydrogens is 362 g/mol. The number of benzene rings is 2. The minimum Gasteiger partial charge on any atom is -0.338 e. The molecule has 144 valence electrons. The molecule has 0 aliphatic carbocycles. The van der Waals surface area contributed by atoms with Crippen LogP contribution in [0.4, 0.5) is 5.69 Å². The van der Waals surface area contributed by atoms with E-state index in [-0.39, 0.29) is 10.8 Å². The van der Waals surface area contributed by atoms with Gasteiger partial charge in [0.05, 0.1) is 10.6 Å². The molecule has 3 rings (SSSR count). The summed E-state index contributed by atoms with van der Waals surface area (Å²) >= 11 is 0. The van der Waals surface area contributed by atoms with Crippen LogP contribution in [0.15, 0.2) is 59.5 Å². The van der Waals surface area contributed by atoms with E-state index >= 15 is 0 Å². The van der Waals surface area contributed by atoms with E-state index in [0.29, 0.717) is 43.3 Å². The predicted octanol–water partition coefficient (Wildman–Crippen LogP) is 2.32. The summed E-state index contributed by atoms with van der Waals surface area (Å²) in [5.41, 5.74) is 6.68. The maximum Gasteiger partial charge on any atom is 0.264 e. The number of nitrogens with zero attached hydrogens (tertiary/aromatic N) is 2. The zero-order chi connectivity index (χ0) is 19.4. The van der Waals surface area contributed by atoms with E-state index in [9.17, 15) is 13.2 Å². The highest BCUT2D eigenvalue weighted by atomic mass is 32.2. The van der Waals surface area contributed by atoms with E-state index in [1.165, 1.54) is 16.4 Å². The average Bonchev–Trinajstić information content (AvgIpc) is 3.18. The second kappa shape index (κ2) is 8.10. The average molecular weight is 388 g/mol. The number of anilines is 1. The summed E-state index contributed by atoms with van der Waals surface area (Å²) in [6.45, 7) is 3.92. The Hall–Kier alpha value is -2.38. The molecular formula is C20H25N3O3S. The Morgan fingerprint density at radius 1 is 1.19 bits per heavy atom. The molecule has 1 amide bonds. The van der Waals surface area contributed by atoms with Crippen molar-refractivity contribution in [1.29, 1.82) is 0 Å². The molecule has 1 unspecified atom stereocenters. The number of amides is 1. The maximum absolute atomic E-state index is 13.1. The van der Waals surface area contributed by atoms with Crippen molar-refractivity contribution in [2.75, 3.05) is 30.5 Å². The summed E-state index contributed by atoms with van der Waals surface area (Å²) in [7, 11) is -3.76. The standard InChI is InChI=1S/C20H25N3O3S/c1-2-23(18-8-4-3-5-9-18)27(25,26)19-10-6-7-17(13-19)20(24)22-12-11-16(14-21)15-22/h3-10,13,16H,2,11-12,14-15,21H2,1H3. The molecule has 1 fully saturated rings. The van der Waals surface area contributed by atoms with Crippen LogP contribution in [0.1, 0.15) is 23.7 Å². The Balaban J connectivity index is 1.89. The summed E-state index contributed by atoms with van der Waals surface area (Å²) in [6, 6.07) is 15.2. The lowest BCUT2D eigenvalue weighted by Crippen LogP contribution is -2.32. The van der Waals surface area contributed by atoms with E-state index < -0.39 is 10.0 Å². The van der Waals surface area contributed by atoms with Crippen LogP contribution in [-0.2, 0) is 10.0 Å². The van der Waals surface area contributed by atoms with Gasteiger partial charge in [-0.3, -0.25) is 9.10 Å². The van der Waals surface area contributed by atoms with Crippen LogP contribution < -0.4 is 10.0 Å². The highest BCUT2D eigenvalue weighted by Crippen LogP contribution is 2.25. The van der Waals surface area contributed by atoms with Gasteiger partial charge < -0.3 is 10.6 Å². The lowest BCUT2D eigenvalue weighted by atomic mass is 10.1. The molecule has 0 aromatic heterocycles. The molecule has 2 N–H and O–H groups in total. The van der Waals surface area contributed by atoms with Crippen molar-refractivity contribution in [2.45, 2.75) is 18.2 Å². The van der Waals surface area contributed by atoms with Gasteiger partial charge in [-0.15, -0.1) is 0 Å². The van der Waals surface area contributed by atoms with Crippen molar-refractivity contribution in [3.8, 4) is 0 Å². The molecule has 0 saturated carbocycles.